The fourth-order valence-corrected chi connectivity index (χ4v) is 3.02. The largest absolute Gasteiger partial charge is 0.324 e. The molecule has 21 heavy (non-hydrogen) atoms. The van der Waals surface area contributed by atoms with Crippen LogP contribution in [0.15, 0.2) is 30.5 Å². The van der Waals surface area contributed by atoms with Gasteiger partial charge in [0, 0.05) is 24.7 Å². The van der Waals surface area contributed by atoms with Crippen molar-refractivity contribution in [2.75, 3.05) is 18.4 Å². The van der Waals surface area contributed by atoms with Crippen molar-refractivity contribution in [1.29, 1.82) is 0 Å². The third-order valence-electron chi connectivity index (χ3n) is 3.90. The van der Waals surface area contributed by atoms with Crippen LogP contribution in [0.3, 0.4) is 0 Å². The zero-order valence-corrected chi connectivity index (χ0v) is 12.7. The van der Waals surface area contributed by atoms with E-state index in [2.05, 4.69) is 17.2 Å². The molecule has 0 aliphatic carbocycles. The third kappa shape index (κ3) is 2.95. The Labute approximate surface area is 129 Å². The van der Waals surface area contributed by atoms with Crippen LogP contribution in [0.5, 0.6) is 0 Å². The lowest BCUT2D eigenvalue weighted by molar-refractivity contribution is 0.182. The van der Waals surface area contributed by atoms with E-state index < -0.39 is 0 Å². The number of nitrogens with one attached hydrogen (secondary N) is 1. The monoisotopic (exact) mass is 303 g/mol. The van der Waals surface area contributed by atoms with E-state index in [0.717, 1.165) is 30.4 Å². The van der Waals surface area contributed by atoms with E-state index in [4.69, 9.17) is 11.6 Å². The first-order chi connectivity index (χ1) is 10.1. The number of anilines is 1. The fourth-order valence-electron chi connectivity index (χ4n) is 2.81. The van der Waals surface area contributed by atoms with Crippen LogP contribution in [0.1, 0.15) is 19.8 Å². The van der Waals surface area contributed by atoms with Crippen LogP contribution in [-0.2, 0) is 0 Å². The van der Waals surface area contributed by atoms with Crippen molar-refractivity contribution >= 4 is 34.2 Å². The number of aromatic nitrogens is 1. The van der Waals surface area contributed by atoms with Crippen molar-refractivity contribution in [3.8, 4) is 0 Å². The van der Waals surface area contributed by atoms with Crippen LogP contribution in [0.4, 0.5) is 10.5 Å². The molecule has 0 radical (unpaired) electrons. The summed E-state index contributed by atoms with van der Waals surface area (Å²) in [6.07, 6.45) is 3.96. The normalized spacial score (nSPS) is 18.8. The minimum Gasteiger partial charge on any atom is -0.324 e. The minimum atomic E-state index is -0.0594. The first-order valence-corrected chi connectivity index (χ1v) is 7.62. The molecule has 1 atom stereocenters. The second-order valence-electron chi connectivity index (χ2n) is 5.62. The van der Waals surface area contributed by atoms with E-state index in [1.807, 2.05) is 23.1 Å². The van der Waals surface area contributed by atoms with Gasteiger partial charge >= 0.3 is 6.03 Å². The van der Waals surface area contributed by atoms with Gasteiger partial charge in [-0.05, 0) is 43.0 Å². The Balaban J connectivity index is 1.85. The lowest BCUT2D eigenvalue weighted by Gasteiger charge is -2.31. The van der Waals surface area contributed by atoms with Crippen molar-refractivity contribution in [3.05, 3.63) is 35.5 Å². The van der Waals surface area contributed by atoms with E-state index in [1.165, 1.54) is 6.42 Å². The molecule has 1 aliphatic heterocycles. The molecule has 2 heterocycles. The number of piperidine rings is 1. The van der Waals surface area contributed by atoms with Crippen LogP contribution in [0.2, 0.25) is 5.02 Å². The summed E-state index contributed by atoms with van der Waals surface area (Å²) in [6, 6.07) is 7.29. The quantitative estimate of drug-likeness (QED) is 0.860. The second-order valence-corrected chi connectivity index (χ2v) is 6.03. The molecule has 5 heteroatoms. The summed E-state index contributed by atoms with van der Waals surface area (Å²) in [4.78, 5) is 18.6. The van der Waals surface area contributed by atoms with Crippen molar-refractivity contribution in [2.24, 2.45) is 5.92 Å². The van der Waals surface area contributed by atoms with Gasteiger partial charge in [-0.25, -0.2) is 4.79 Å². The number of fused-ring (bicyclic) bond motifs is 1. The summed E-state index contributed by atoms with van der Waals surface area (Å²) < 4.78 is 0. The molecule has 110 valence electrons. The maximum atomic E-state index is 12.4. The number of nitrogens with zero attached hydrogens (tertiary/aromatic N) is 2. The van der Waals surface area contributed by atoms with E-state index in [9.17, 15) is 4.79 Å². The highest BCUT2D eigenvalue weighted by Gasteiger charge is 2.21. The smallest absolute Gasteiger partial charge is 0.321 e. The Morgan fingerprint density at radius 2 is 2.29 bits per heavy atom. The lowest BCUT2D eigenvalue weighted by Crippen LogP contribution is -2.41. The molecule has 3 rings (SSSR count). The average molecular weight is 304 g/mol. The number of hydrogen-bond acceptors (Lipinski definition) is 2. The highest BCUT2D eigenvalue weighted by molar-refractivity contribution is 6.35. The molecular formula is C16H18ClN3O. The molecule has 4 nitrogen and oxygen atoms in total. The lowest BCUT2D eigenvalue weighted by atomic mass is 10.0. The first kappa shape index (κ1) is 14.1. The number of hydrogen-bond donors (Lipinski definition) is 1. The van der Waals surface area contributed by atoms with Gasteiger partial charge in [-0.15, -0.1) is 0 Å². The van der Waals surface area contributed by atoms with E-state index >= 15 is 0 Å². The highest BCUT2D eigenvalue weighted by Crippen LogP contribution is 2.28. The standard InChI is InChI=1S/C16H18ClN3O/c1-11-4-3-9-20(10-11)16(21)19-14-7-6-13(17)12-5-2-8-18-15(12)14/h2,5-8,11H,3-4,9-10H2,1H3,(H,19,21). The Kier molecular flexibility index (Phi) is 3.97. The third-order valence-corrected chi connectivity index (χ3v) is 4.23. The van der Waals surface area contributed by atoms with Gasteiger partial charge < -0.3 is 10.2 Å². The number of urea groups is 1. The second kappa shape index (κ2) is 5.90. The average Bonchev–Trinajstić information content (AvgIpc) is 2.50. The van der Waals surface area contributed by atoms with E-state index in [0.29, 0.717) is 16.6 Å². The number of likely N-dealkylation sites (tertiary alicyclic amines) is 1. The van der Waals surface area contributed by atoms with Gasteiger partial charge in [0.05, 0.1) is 16.2 Å². The van der Waals surface area contributed by atoms with Crippen LogP contribution in [0.25, 0.3) is 10.9 Å². The highest BCUT2D eigenvalue weighted by atomic mass is 35.5. The number of rotatable bonds is 1. The summed E-state index contributed by atoms with van der Waals surface area (Å²) in [7, 11) is 0. The molecule has 0 bridgehead atoms. The molecule has 1 aliphatic rings. The summed E-state index contributed by atoms with van der Waals surface area (Å²) in [5, 5.41) is 4.46. The fraction of sp³-hybridized carbons (Fsp3) is 0.375. The van der Waals surface area contributed by atoms with Crippen molar-refractivity contribution in [1.82, 2.24) is 9.88 Å². The number of amides is 2. The maximum Gasteiger partial charge on any atom is 0.321 e. The molecule has 2 amide bonds. The molecule has 1 aromatic carbocycles. The van der Waals surface area contributed by atoms with Gasteiger partial charge in [0.25, 0.3) is 0 Å². The van der Waals surface area contributed by atoms with Crippen LogP contribution < -0.4 is 5.32 Å². The Bertz CT molecular complexity index is 674. The van der Waals surface area contributed by atoms with Gasteiger partial charge in [0.15, 0.2) is 0 Å². The van der Waals surface area contributed by atoms with E-state index in [-0.39, 0.29) is 6.03 Å². The molecule has 1 aromatic heterocycles. The Hall–Kier alpha value is -1.81. The van der Waals surface area contributed by atoms with Crippen LogP contribution >= 0.6 is 11.6 Å². The molecule has 0 saturated carbocycles. The predicted molar refractivity (Wildman–Crippen MR) is 85.7 cm³/mol. The molecule has 1 N–H and O–H groups in total. The summed E-state index contributed by atoms with van der Waals surface area (Å²) >= 11 is 6.17. The summed E-state index contributed by atoms with van der Waals surface area (Å²) in [5.74, 6) is 0.560. The Morgan fingerprint density at radius 3 is 3.10 bits per heavy atom. The zero-order chi connectivity index (χ0) is 14.8. The number of halogens is 1. The number of carbonyl (C=O) groups is 1. The summed E-state index contributed by atoms with van der Waals surface area (Å²) in [6.45, 7) is 3.80. The topological polar surface area (TPSA) is 45.2 Å². The number of benzene rings is 1. The van der Waals surface area contributed by atoms with Crippen LogP contribution in [-0.4, -0.2) is 29.0 Å². The Morgan fingerprint density at radius 1 is 1.43 bits per heavy atom. The molecule has 1 saturated heterocycles. The molecule has 0 spiro atoms. The van der Waals surface area contributed by atoms with Crippen molar-refractivity contribution in [2.45, 2.75) is 19.8 Å². The van der Waals surface area contributed by atoms with E-state index in [1.54, 1.807) is 12.3 Å². The molecular weight excluding hydrogens is 286 g/mol. The minimum absolute atomic E-state index is 0.0594. The molecule has 2 aromatic rings. The van der Waals surface area contributed by atoms with Gasteiger partial charge in [-0.2, -0.15) is 0 Å². The van der Waals surface area contributed by atoms with Gasteiger partial charge in [-0.1, -0.05) is 18.5 Å². The SMILES string of the molecule is CC1CCCN(C(=O)Nc2ccc(Cl)c3cccnc23)C1. The van der Waals surface area contributed by atoms with Crippen molar-refractivity contribution < 1.29 is 4.79 Å². The van der Waals surface area contributed by atoms with Gasteiger partial charge in [0.1, 0.15) is 0 Å². The number of carbonyl (C=O) groups excluding carboxylic acids is 1. The molecule has 1 unspecified atom stereocenters. The molecule has 1 fully saturated rings. The van der Waals surface area contributed by atoms with Crippen molar-refractivity contribution in [3.63, 3.8) is 0 Å². The van der Waals surface area contributed by atoms with Gasteiger partial charge in [0.2, 0.25) is 0 Å². The summed E-state index contributed by atoms with van der Waals surface area (Å²) in [5.41, 5.74) is 1.43. The maximum absolute atomic E-state index is 12.4. The number of pyridine rings is 1. The first-order valence-electron chi connectivity index (χ1n) is 7.24. The van der Waals surface area contributed by atoms with Crippen LogP contribution in [0, 0.1) is 5.92 Å². The zero-order valence-electron chi connectivity index (χ0n) is 12.0. The van der Waals surface area contributed by atoms with Gasteiger partial charge in [-0.3, -0.25) is 4.98 Å². The predicted octanol–water partition coefficient (Wildman–Crippen LogP) is 4.15.